The molecule has 0 spiro atoms. The van der Waals surface area contributed by atoms with Gasteiger partial charge >= 0.3 is 5.97 Å². The summed E-state index contributed by atoms with van der Waals surface area (Å²) >= 11 is 5.82. The smallest absolute Gasteiger partial charge is 0.311 e. The monoisotopic (exact) mass is 299 g/mol. The number of hydrogen-bond acceptors (Lipinski definition) is 3. The summed E-state index contributed by atoms with van der Waals surface area (Å²) in [4.78, 5) is 25.6. The van der Waals surface area contributed by atoms with Gasteiger partial charge in [-0.1, -0.05) is 13.3 Å². The molecule has 1 aliphatic heterocycles. The van der Waals surface area contributed by atoms with Gasteiger partial charge in [0.05, 0.1) is 17.2 Å². The zero-order chi connectivity index (χ0) is 14.8. The van der Waals surface area contributed by atoms with Crippen LogP contribution in [0.1, 0.15) is 43.0 Å². The molecular formula is C14H18ClNO4. The first kappa shape index (κ1) is 14.9. The van der Waals surface area contributed by atoms with Crippen LogP contribution in [-0.4, -0.2) is 35.0 Å². The molecule has 1 amide bonds. The summed E-state index contributed by atoms with van der Waals surface area (Å²) in [5.74, 6) is -1.08. The Bertz CT molecular complexity index is 509. The molecule has 2 rings (SSSR count). The number of carbonyl (C=O) groups excluding carboxylic acids is 1. The Morgan fingerprint density at radius 1 is 1.55 bits per heavy atom. The maximum atomic E-state index is 12.4. The molecule has 2 heterocycles. The second kappa shape index (κ2) is 5.87. The predicted octanol–water partition coefficient (Wildman–Crippen LogP) is 3.04. The minimum atomic E-state index is -0.834. The van der Waals surface area contributed by atoms with Crippen molar-refractivity contribution >= 4 is 23.5 Å². The number of hydrogen-bond donors (Lipinski definition) is 1. The molecule has 0 saturated carbocycles. The molecule has 20 heavy (non-hydrogen) atoms. The SMILES string of the molecule is CCCC1(C(=O)O)CCCN(C(=O)c2ccoc2Cl)C1. The van der Waals surface area contributed by atoms with Gasteiger partial charge in [0.1, 0.15) is 0 Å². The maximum absolute atomic E-state index is 12.4. The van der Waals surface area contributed by atoms with E-state index < -0.39 is 11.4 Å². The molecule has 0 aliphatic carbocycles. The van der Waals surface area contributed by atoms with Crippen LogP contribution >= 0.6 is 11.6 Å². The summed E-state index contributed by atoms with van der Waals surface area (Å²) in [6, 6.07) is 1.52. The van der Waals surface area contributed by atoms with E-state index in [-0.39, 0.29) is 17.7 Å². The molecule has 1 aromatic rings. The molecular weight excluding hydrogens is 282 g/mol. The molecule has 0 aromatic carbocycles. The molecule has 1 fully saturated rings. The van der Waals surface area contributed by atoms with Gasteiger partial charge in [0.15, 0.2) is 0 Å². The summed E-state index contributed by atoms with van der Waals surface area (Å²) in [6.07, 6.45) is 4.01. The molecule has 1 aromatic heterocycles. The molecule has 1 unspecified atom stereocenters. The normalized spacial score (nSPS) is 22.8. The zero-order valence-electron chi connectivity index (χ0n) is 11.4. The molecule has 6 heteroatoms. The first-order valence-corrected chi connectivity index (χ1v) is 7.13. The number of carbonyl (C=O) groups is 2. The van der Waals surface area contributed by atoms with Crippen molar-refractivity contribution in [3.63, 3.8) is 0 Å². The van der Waals surface area contributed by atoms with Crippen LogP contribution in [0.3, 0.4) is 0 Å². The number of carboxylic acids is 1. The van der Waals surface area contributed by atoms with Crippen LogP contribution in [0.15, 0.2) is 16.7 Å². The maximum Gasteiger partial charge on any atom is 0.311 e. The minimum absolute atomic E-state index is 0.0528. The zero-order valence-corrected chi connectivity index (χ0v) is 12.2. The van der Waals surface area contributed by atoms with Crippen molar-refractivity contribution in [2.45, 2.75) is 32.6 Å². The van der Waals surface area contributed by atoms with Crippen molar-refractivity contribution in [3.05, 3.63) is 23.1 Å². The van der Waals surface area contributed by atoms with Gasteiger partial charge in [-0.2, -0.15) is 0 Å². The van der Waals surface area contributed by atoms with Crippen molar-refractivity contribution in [3.8, 4) is 0 Å². The summed E-state index contributed by atoms with van der Waals surface area (Å²) in [5.41, 5.74) is -0.539. The molecule has 5 nitrogen and oxygen atoms in total. The Labute approximate surface area is 122 Å². The van der Waals surface area contributed by atoms with Crippen LogP contribution < -0.4 is 0 Å². The molecule has 0 bridgehead atoms. The third kappa shape index (κ3) is 2.68. The molecule has 1 atom stereocenters. The predicted molar refractivity (Wildman–Crippen MR) is 73.8 cm³/mol. The van der Waals surface area contributed by atoms with Crippen LogP contribution in [-0.2, 0) is 4.79 Å². The second-order valence-electron chi connectivity index (χ2n) is 5.27. The minimum Gasteiger partial charge on any atom is -0.481 e. The fraction of sp³-hybridized carbons (Fsp3) is 0.571. The average Bonchev–Trinajstić information content (AvgIpc) is 2.84. The van der Waals surface area contributed by atoms with E-state index in [0.29, 0.717) is 31.4 Å². The van der Waals surface area contributed by atoms with E-state index in [4.69, 9.17) is 16.0 Å². The lowest BCUT2D eigenvalue weighted by molar-refractivity contribution is -0.152. The van der Waals surface area contributed by atoms with Gasteiger partial charge in [0, 0.05) is 13.1 Å². The molecule has 1 aliphatic rings. The summed E-state index contributed by atoms with van der Waals surface area (Å²) in [7, 11) is 0. The number of halogens is 1. The van der Waals surface area contributed by atoms with Crippen LogP contribution in [0.4, 0.5) is 0 Å². The first-order valence-electron chi connectivity index (χ1n) is 6.76. The van der Waals surface area contributed by atoms with E-state index >= 15 is 0 Å². The first-order chi connectivity index (χ1) is 9.50. The van der Waals surface area contributed by atoms with Gasteiger partial charge in [-0.05, 0) is 36.9 Å². The van der Waals surface area contributed by atoms with Gasteiger partial charge in [-0.15, -0.1) is 0 Å². The van der Waals surface area contributed by atoms with Crippen LogP contribution in [0, 0.1) is 5.41 Å². The molecule has 110 valence electrons. The van der Waals surface area contributed by atoms with E-state index in [1.165, 1.54) is 12.3 Å². The van der Waals surface area contributed by atoms with Crippen LogP contribution in [0.25, 0.3) is 0 Å². The van der Waals surface area contributed by atoms with Gasteiger partial charge < -0.3 is 14.4 Å². The standard InChI is InChI=1S/C14H18ClNO4/c1-2-5-14(13(18)19)6-3-7-16(9-14)12(17)10-4-8-20-11(10)15/h4,8H,2-3,5-7,9H2,1H3,(H,18,19). The Balaban J connectivity index is 2.20. The van der Waals surface area contributed by atoms with Crippen molar-refractivity contribution in [2.24, 2.45) is 5.41 Å². The van der Waals surface area contributed by atoms with E-state index in [1.54, 1.807) is 4.90 Å². The number of nitrogens with zero attached hydrogens (tertiary/aromatic N) is 1. The third-order valence-corrected chi connectivity index (χ3v) is 4.19. The van der Waals surface area contributed by atoms with Gasteiger partial charge in [-0.3, -0.25) is 9.59 Å². The number of rotatable bonds is 4. The fourth-order valence-corrected chi connectivity index (χ4v) is 3.08. The fourth-order valence-electron chi connectivity index (χ4n) is 2.89. The number of likely N-dealkylation sites (tertiary alicyclic amines) is 1. The Morgan fingerprint density at radius 3 is 2.85 bits per heavy atom. The Kier molecular flexibility index (Phi) is 4.38. The summed E-state index contributed by atoms with van der Waals surface area (Å²) < 4.78 is 4.92. The quantitative estimate of drug-likeness (QED) is 0.927. The van der Waals surface area contributed by atoms with Crippen molar-refractivity contribution < 1.29 is 19.1 Å². The van der Waals surface area contributed by atoms with Crippen molar-refractivity contribution in [1.29, 1.82) is 0 Å². The highest BCUT2D eigenvalue weighted by molar-refractivity contribution is 6.32. The van der Waals surface area contributed by atoms with Crippen LogP contribution in [0.5, 0.6) is 0 Å². The van der Waals surface area contributed by atoms with Gasteiger partial charge in [-0.25, -0.2) is 0 Å². The number of furan rings is 1. The number of piperidine rings is 1. The number of amides is 1. The van der Waals surface area contributed by atoms with Crippen molar-refractivity contribution in [2.75, 3.05) is 13.1 Å². The molecule has 1 N–H and O–H groups in total. The molecule has 0 radical (unpaired) electrons. The Morgan fingerprint density at radius 2 is 2.30 bits per heavy atom. The number of carboxylic acid groups (broad SMARTS) is 1. The lowest BCUT2D eigenvalue weighted by Crippen LogP contribution is -2.49. The van der Waals surface area contributed by atoms with Gasteiger partial charge in [0.2, 0.25) is 5.22 Å². The molecule has 1 saturated heterocycles. The lowest BCUT2D eigenvalue weighted by atomic mass is 9.76. The van der Waals surface area contributed by atoms with Crippen LogP contribution in [0.2, 0.25) is 5.22 Å². The summed E-state index contributed by atoms with van der Waals surface area (Å²) in [6.45, 7) is 2.74. The van der Waals surface area contributed by atoms with Crippen molar-refractivity contribution in [1.82, 2.24) is 4.90 Å². The third-order valence-electron chi connectivity index (χ3n) is 3.89. The highest BCUT2D eigenvalue weighted by Gasteiger charge is 2.43. The van der Waals surface area contributed by atoms with E-state index in [9.17, 15) is 14.7 Å². The topological polar surface area (TPSA) is 70.8 Å². The highest BCUT2D eigenvalue weighted by atomic mass is 35.5. The average molecular weight is 300 g/mol. The lowest BCUT2D eigenvalue weighted by Gasteiger charge is -2.39. The van der Waals surface area contributed by atoms with E-state index in [1.807, 2.05) is 6.92 Å². The second-order valence-corrected chi connectivity index (χ2v) is 5.62. The number of aliphatic carboxylic acids is 1. The summed E-state index contributed by atoms with van der Waals surface area (Å²) in [5, 5.41) is 9.57. The van der Waals surface area contributed by atoms with Gasteiger partial charge in [0.25, 0.3) is 5.91 Å². The van der Waals surface area contributed by atoms with E-state index in [0.717, 1.165) is 6.42 Å². The largest absolute Gasteiger partial charge is 0.481 e. The highest BCUT2D eigenvalue weighted by Crippen LogP contribution is 2.36. The Hall–Kier alpha value is -1.49. The van der Waals surface area contributed by atoms with E-state index in [2.05, 4.69) is 0 Å².